The summed E-state index contributed by atoms with van der Waals surface area (Å²) in [4.78, 5) is 0. The highest BCUT2D eigenvalue weighted by Crippen LogP contribution is 2.31. The molecule has 0 aliphatic heterocycles. The summed E-state index contributed by atoms with van der Waals surface area (Å²) in [7, 11) is 0. The van der Waals surface area contributed by atoms with Crippen LogP contribution in [0.15, 0.2) is 24.3 Å². The van der Waals surface area contributed by atoms with Gasteiger partial charge in [-0.25, -0.2) is 0 Å². The third-order valence-electron chi connectivity index (χ3n) is 2.17. The van der Waals surface area contributed by atoms with Gasteiger partial charge in [0, 0.05) is 6.42 Å². The number of halogens is 3. The Morgan fingerprint density at radius 1 is 1.16 bits per heavy atom. The van der Waals surface area contributed by atoms with E-state index >= 15 is 0 Å². The summed E-state index contributed by atoms with van der Waals surface area (Å²) < 4.78 is 45.5. The lowest BCUT2D eigenvalue weighted by Crippen LogP contribution is -2.17. The number of unbranched alkanes of at least 4 members (excludes halogenated alkanes) is 1. The quantitative estimate of drug-likeness (QED) is 0.457. The standard InChI is InChI=1S/C12H15F3N2O2/c13-12(14,15)19-10-6-2-1-5-9(10)18-8-4-3-7-11(16)17/h1-2,5-6H,3-4,7-8H2,(H3,16,17). The number of ether oxygens (including phenoxy) is 2. The van der Waals surface area contributed by atoms with E-state index in [1.807, 2.05) is 0 Å². The lowest BCUT2D eigenvalue weighted by molar-refractivity contribution is -0.275. The molecule has 0 spiro atoms. The maximum Gasteiger partial charge on any atom is 0.573 e. The van der Waals surface area contributed by atoms with Gasteiger partial charge in [0.2, 0.25) is 0 Å². The van der Waals surface area contributed by atoms with Gasteiger partial charge in [-0.15, -0.1) is 13.2 Å². The number of hydrogen-bond acceptors (Lipinski definition) is 3. The van der Waals surface area contributed by atoms with Crippen LogP contribution in [0.25, 0.3) is 0 Å². The van der Waals surface area contributed by atoms with Crippen LogP contribution < -0.4 is 15.2 Å². The van der Waals surface area contributed by atoms with Crippen molar-refractivity contribution in [2.24, 2.45) is 5.73 Å². The van der Waals surface area contributed by atoms with E-state index in [2.05, 4.69) is 4.74 Å². The van der Waals surface area contributed by atoms with Crippen molar-refractivity contribution in [3.63, 3.8) is 0 Å². The average Bonchev–Trinajstić information content (AvgIpc) is 2.28. The van der Waals surface area contributed by atoms with E-state index in [-0.39, 0.29) is 23.9 Å². The van der Waals surface area contributed by atoms with E-state index in [9.17, 15) is 13.2 Å². The summed E-state index contributed by atoms with van der Waals surface area (Å²) in [6, 6.07) is 5.60. The molecule has 0 aliphatic rings. The minimum atomic E-state index is -4.74. The highest BCUT2D eigenvalue weighted by molar-refractivity contribution is 5.76. The fraction of sp³-hybridized carbons (Fsp3) is 0.417. The van der Waals surface area contributed by atoms with Crippen LogP contribution in [0.4, 0.5) is 13.2 Å². The smallest absolute Gasteiger partial charge is 0.490 e. The zero-order valence-electron chi connectivity index (χ0n) is 10.2. The Kier molecular flexibility index (Phi) is 5.47. The molecule has 4 nitrogen and oxygen atoms in total. The van der Waals surface area contributed by atoms with Crippen molar-refractivity contribution in [3.8, 4) is 11.5 Å². The van der Waals surface area contributed by atoms with E-state index < -0.39 is 6.36 Å². The average molecular weight is 276 g/mol. The first-order chi connectivity index (χ1) is 8.88. The first kappa shape index (κ1) is 15.1. The van der Waals surface area contributed by atoms with Crippen molar-refractivity contribution in [1.82, 2.24) is 0 Å². The third kappa shape index (κ3) is 6.54. The van der Waals surface area contributed by atoms with Crippen LogP contribution in [0.3, 0.4) is 0 Å². The molecule has 7 heteroatoms. The van der Waals surface area contributed by atoms with Gasteiger partial charge in [0.1, 0.15) is 0 Å². The molecule has 19 heavy (non-hydrogen) atoms. The van der Waals surface area contributed by atoms with Crippen molar-refractivity contribution in [2.45, 2.75) is 25.6 Å². The van der Waals surface area contributed by atoms with Crippen molar-refractivity contribution in [3.05, 3.63) is 24.3 Å². The lowest BCUT2D eigenvalue weighted by Gasteiger charge is -2.13. The number of benzene rings is 1. The Labute approximate surface area is 108 Å². The van der Waals surface area contributed by atoms with Crippen LogP contribution in [0, 0.1) is 5.41 Å². The molecule has 0 bridgehead atoms. The zero-order valence-corrected chi connectivity index (χ0v) is 10.2. The Morgan fingerprint density at radius 2 is 1.79 bits per heavy atom. The molecule has 0 atom stereocenters. The highest BCUT2D eigenvalue weighted by Gasteiger charge is 2.32. The molecule has 0 aromatic heterocycles. The van der Waals surface area contributed by atoms with Gasteiger partial charge in [0.15, 0.2) is 11.5 Å². The number of rotatable bonds is 7. The molecule has 106 valence electrons. The third-order valence-corrected chi connectivity index (χ3v) is 2.17. The Balaban J connectivity index is 2.47. The normalized spacial score (nSPS) is 11.1. The minimum absolute atomic E-state index is 0.0441. The summed E-state index contributed by atoms with van der Waals surface area (Å²) in [6.07, 6.45) is -3.05. The van der Waals surface area contributed by atoms with Crippen LogP contribution in [0.5, 0.6) is 11.5 Å². The second kappa shape index (κ2) is 6.86. The molecular formula is C12H15F3N2O2. The van der Waals surface area contributed by atoms with Crippen molar-refractivity contribution in [2.75, 3.05) is 6.61 Å². The number of para-hydroxylation sites is 2. The summed E-state index contributed by atoms with van der Waals surface area (Å²) >= 11 is 0. The Bertz CT molecular complexity index is 422. The molecule has 0 saturated heterocycles. The molecule has 0 amide bonds. The largest absolute Gasteiger partial charge is 0.573 e. The molecule has 0 aliphatic carbocycles. The molecule has 1 rings (SSSR count). The molecule has 0 heterocycles. The molecule has 3 N–H and O–H groups in total. The molecule has 0 unspecified atom stereocenters. The van der Waals surface area contributed by atoms with Gasteiger partial charge in [-0.05, 0) is 25.0 Å². The van der Waals surface area contributed by atoms with Crippen LogP contribution in [-0.2, 0) is 0 Å². The Morgan fingerprint density at radius 3 is 2.37 bits per heavy atom. The van der Waals surface area contributed by atoms with Crippen molar-refractivity contribution in [1.29, 1.82) is 5.41 Å². The number of amidine groups is 1. The number of nitrogens with two attached hydrogens (primary N) is 1. The van der Waals surface area contributed by atoms with E-state index in [1.165, 1.54) is 18.2 Å². The molecule has 0 radical (unpaired) electrons. The zero-order chi connectivity index (χ0) is 14.3. The first-order valence-electron chi connectivity index (χ1n) is 5.69. The van der Waals surface area contributed by atoms with Crippen LogP contribution in [-0.4, -0.2) is 18.8 Å². The topological polar surface area (TPSA) is 68.3 Å². The number of alkyl halides is 3. The monoisotopic (exact) mass is 276 g/mol. The lowest BCUT2D eigenvalue weighted by atomic mass is 10.2. The fourth-order valence-electron chi connectivity index (χ4n) is 1.38. The maximum absolute atomic E-state index is 12.1. The molecule has 1 aromatic rings. The van der Waals surface area contributed by atoms with Crippen LogP contribution >= 0.6 is 0 Å². The summed E-state index contributed by atoms with van der Waals surface area (Å²) in [5, 5.41) is 7.02. The maximum atomic E-state index is 12.1. The summed E-state index contributed by atoms with van der Waals surface area (Å²) in [5.74, 6) is -0.231. The molecular weight excluding hydrogens is 261 g/mol. The summed E-state index contributed by atoms with van der Waals surface area (Å²) in [5.41, 5.74) is 5.18. The second-order valence-electron chi connectivity index (χ2n) is 3.83. The Hall–Kier alpha value is -1.92. The minimum Gasteiger partial charge on any atom is -0.490 e. The molecule has 0 saturated carbocycles. The van der Waals surface area contributed by atoms with Crippen LogP contribution in [0.1, 0.15) is 19.3 Å². The van der Waals surface area contributed by atoms with Gasteiger partial charge < -0.3 is 15.2 Å². The summed E-state index contributed by atoms with van der Waals surface area (Å²) in [6.45, 7) is 0.242. The molecule has 0 fully saturated rings. The fourth-order valence-corrected chi connectivity index (χ4v) is 1.38. The van der Waals surface area contributed by atoms with Gasteiger partial charge in [-0.2, -0.15) is 0 Å². The van der Waals surface area contributed by atoms with E-state index in [0.29, 0.717) is 19.3 Å². The predicted octanol–water partition coefficient (Wildman–Crippen LogP) is 3.07. The van der Waals surface area contributed by atoms with E-state index in [4.69, 9.17) is 15.9 Å². The van der Waals surface area contributed by atoms with Gasteiger partial charge >= 0.3 is 6.36 Å². The van der Waals surface area contributed by atoms with E-state index in [1.54, 1.807) is 6.07 Å². The molecule has 1 aromatic carbocycles. The van der Waals surface area contributed by atoms with E-state index in [0.717, 1.165) is 0 Å². The van der Waals surface area contributed by atoms with Gasteiger partial charge in [0.05, 0.1) is 12.4 Å². The SMILES string of the molecule is N=C(N)CCCCOc1ccccc1OC(F)(F)F. The predicted molar refractivity (Wildman–Crippen MR) is 64.4 cm³/mol. The van der Waals surface area contributed by atoms with Crippen molar-refractivity contribution >= 4 is 5.84 Å². The van der Waals surface area contributed by atoms with Gasteiger partial charge in [0.25, 0.3) is 0 Å². The van der Waals surface area contributed by atoms with Crippen LogP contribution in [0.2, 0.25) is 0 Å². The highest BCUT2D eigenvalue weighted by atomic mass is 19.4. The van der Waals surface area contributed by atoms with Gasteiger partial charge in [-0.3, -0.25) is 5.41 Å². The van der Waals surface area contributed by atoms with Gasteiger partial charge in [-0.1, -0.05) is 12.1 Å². The second-order valence-corrected chi connectivity index (χ2v) is 3.83. The number of hydrogen-bond donors (Lipinski definition) is 2. The number of nitrogens with one attached hydrogen (secondary N) is 1. The van der Waals surface area contributed by atoms with Crippen molar-refractivity contribution < 1.29 is 22.6 Å². The first-order valence-corrected chi connectivity index (χ1v) is 5.69.